The fraction of sp³-hybridized carbons (Fsp3) is 0.143. The zero-order valence-corrected chi connectivity index (χ0v) is 13.3. The molecule has 0 bridgehead atoms. The van der Waals surface area contributed by atoms with Gasteiger partial charge in [-0.25, -0.2) is 18.2 Å². The lowest BCUT2D eigenvalue weighted by molar-refractivity contribution is -0.139. The number of hydrogen-bond acceptors (Lipinski definition) is 7. The van der Waals surface area contributed by atoms with Crippen LogP contribution in [0.5, 0.6) is 11.5 Å². The summed E-state index contributed by atoms with van der Waals surface area (Å²) in [4.78, 5) is 21.9. The highest BCUT2D eigenvalue weighted by Crippen LogP contribution is 2.50. The number of nitrogens with zero attached hydrogens (tertiary/aromatic N) is 1. The van der Waals surface area contributed by atoms with Crippen molar-refractivity contribution in [2.45, 2.75) is 0 Å². The SMILES string of the molecule is O=C(O)COc1ccc2cc(O)c(N3CC(=O)NS3(O)O)c(F)c2c1. The van der Waals surface area contributed by atoms with Gasteiger partial charge in [0.15, 0.2) is 12.4 Å². The van der Waals surface area contributed by atoms with E-state index < -0.39 is 53.2 Å². The lowest BCUT2D eigenvalue weighted by Gasteiger charge is -2.36. The Balaban J connectivity index is 2.10. The van der Waals surface area contributed by atoms with Gasteiger partial charge in [0.25, 0.3) is 5.91 Å². The fourth-order valence-electron chi connectivity index (χ4n) is 2.45. The zero-order chi connectivity index (χ0) is 18.4. The molecule has 0 aromatic heterocycles. The number of rotatable bonds is 4. The molecule has 1 heterocycles. The number of phenols is 1. The largest absolute Gasteiger partial charge is 0.506 e. The van der Waals surface area contributed by atoms with E-state index in [1.165, 1.54) is 24.3 Å². The van der Waals surface area contributed by atoms with Crippen LogP contribution in [-0.2, 0) is 9.59 Å². The molecule has 1 aliphatic rings. The van der Waals surface area contributed by atoms with Crippen LogP contribution in [0.3, 0.4) is 0 Å². The maximum atomic E-state index is 14.9. The van der Waals surface area contributed by atoms with Gasteiger partial charge in [0.2, 0.25) is 0 Å². The molecule has 1 fully saturated rings. The quantitative estimate of drug-likeness (QED) is 0.546. The monoisotopic (exact) mass is 372 g/mol. The summed E-state index contributed by atoms with van der Waals surface area (Å²) in [6, 6.07) is 5.21. The van der Waals surface area contributed by atoms with E-state index in [0.29, 0.717) is 4.31 Å². The highest BCUT2D eigenvalue weighted by molar-refractivity contribution is 8.24. The number of amides is 1. The van der Waals surface area contributed by atoms with E-state index in [0.717, 1.165) is 0 Å². The normalized spacial score (nSPS) is 17.4. The second-order valence-corrected chi connectivity index (χ2v) is 6.89. The molecule has 9 nitrogen and oxygen atoms in total. The molecule has 1 amide bonds. The van der Waals surface area contributed by atoms with Crippen LogP contribution in [0, 0.1) is 5.82 Å². The molecule has 0 aliphatic carbocycles. The van der Waals surface area contributed by atoms with E-state index in [1.807, 2.05) is 4.72 Å². The maximum Gasteiger partial charge on any atom is 0.341 e. The number of carboxylic acids is 1. The number of aliphatic carboxylic acids is 1. The summed E-state index contributed by atoms with van der Waals surface area (Å²) >= 11 is 0. The number of carbonyl (C=O) groups is 2. The molecule has 11 heteroatoms. The molecule has 1 aliphatic heterocycles. The van der Waals surface area contributed by atoms with Crippen molar-refractivity contribution in [2.75, 3.05) is 17.5 Å². The number of aromatic hydroxyl groups is 1. The number of benzene rings is 2. The molecule has 0 spiro atoms. The molecule has 3 rings (SSSR count). The minimum Gasteiger partial charge on any atom is -0.506 e. The van der Waals surface area contributed by atoms with Crippen LogP contribution in [0.2, 0.25) is 0 Å². The van der Waals surface area contributed by atoms with Gasteiger partial charge in [-0.1, -0.05) is 6.07 Å². The van der Waals surface area contributed by atoms with E-state index in [4.69, 9.17) is 9.84 Å². The molecule has 5 N–H and O–H groups in total. The molecule has 134 valence electrons. The molecule has 1 saturated heterocycles. The van der Waals surface area contributed by atoms with Gasteiger partial charge in [-0.3, -0.25) is 13.9 Å². The molecular weight excluding hydrogens is 359 g/mol. The van der Waals surface area contributed by atoms with Crippen molar-refractivity contribution in [1.82, 2.24) is 4.72 Å². The Bertz CT molecular complexity index is 889. The van der Waals surface area contributed by atoms with Crippen molar-refractivity contribution >= 4 is 39.3 Å². The van der Waals surface area contributed by atoms with Gasteiger partial charge in [-0.05, 0) is 34.5 Å². The molecule has 2 aromatic rings. The first-order valence-electron chi connectivity index (χ1n) is 6.85. The predicted molar refractivity (Wildman–Crippen MR) is 87.0 cm³/mol. The first kappa shape index (κ1) is 17.1. The summed E-state index contributed by atoms with van der Waals surface area (Å²) < 4.78 is 42.2. The predicted octanol–water partition coefficient (Wildman–Crippen LogP) is 1.66. The third-order valence-corrected chi connectivity index (χ3v) is 4.89. The number of hydrogen-bond donors (Lipinski definition) is 5. The number of halogens is 1. The summed E-state index contributed by atoms with van der Waals surface area (Å²) in [5, 5.41) is 18.9. The third kappa shape index (κ3) is 3.12. The van der Waals surface area contributed by atoms with Crippen molar-refractivity contribution in [3.05, 3.63) is 30.1 Å². The molecule has 0 saturated carbocycles. The Kier molecular flexibility index (Phi) is 4.06. The lowest BCUT2D eigenvalue weighted by atomic mass is 10.1. The van der Waals surface area contributed by atoms with E-state index >= 15 is 0 Å². The minimum atomic E-state index is -3.81. The first-order valence-corrected chi connectivity index (χ1v) is 8.36. The van der Waals surface area contributed by atoms with Crippen LogP contribution >= 0.6 is 11.0 Å². The standard InChI is InChI=1S/C14H13FN2O7S/c15-13-9-4-8(24-6-12(20)21)2-1-7(9)3-10(18)14(13)17-5-11(19)16-25(17,22)23/h1-4,18,22-23H,5-6H2,(H,16,19)(H,20,21). The fourth-order valence-corrected chi connectivity index (χ4v) is 3.65. The Morgan fingerprint density at radius 2 is 2.08 bits per heavy atom. The van der Waals surface area contributed by atoms with Crippen LogP contribution in [0.15, 0.2) is 24.3 Å². The second kappa shape index (κ2) is 5.95. The van der Waals surface area contributed by atoms with Crippen molar-refractivity contribution in [3.63, 3.8) is 0 Å². The third-order valence-electron chi connectivity index (χ3n) is 3.46. The Labute approximate surface area is 141 Å². The van der Waals surface area contributed by atoms with Crippen LogP contribution in [0.4, 0.5) is 10.1 Å². The van der Waals surface area contributed by atoms with Gasteiger partial charge >= 0.3 is 5.97 Å². The average molecular weight is 372 g/mol. The molecule has 2 aromatic carbocycles. The minimum absolute atomic E-state index is 0.0507. The lowest BCUT2D eigenvalue weighted by Crippen LogP contribution is -2.26. The second-order valence-electron chi connectivity index (χ2n) is 5.20. The number of anilines is 1. The summed E-state index contributed by atoms with van der Waals surface area (Å²) in [5.41, 5.74) is -0.554. The van der Waals surface area contributed by atoms with E-state index in [-0.39, 0.29) is 16.5 Å². The van der Waals surface area contributed by atoms with Gasteiger partial charge in [0, 0.05) is 5.39 Å². The van der Waals surface area contributed by atoms with Gasteiger partial charge in [-0.2, -0.15) is 0 Å². The average Bonchev–Trinajstić information content (AvgIpc) is 2.78. The summed E-state index contributed by atoms with van der Waals surface area (Å²) in [6.07, 6.45) is 0. The Morgan fingerprint density at radius 1 is 1.36 bits per heavy atom. The van der Waals surface area contributed by atoms with Crippen LogP contribution in [-0.4, -0.2) is 44.3 Å². The van der Waals surface area contributed by atoms with Crippen LogP contribution < -0.4 is 13.8 Å². The summed E-state index contributed by atoms with van der Waals surface area (Å²) in [7, 11) is -3.81. The van der Waals surface area contributed by atoms with Crippen LogP contribution in [0.25, 0.3) is 10.8 Å². The maximum absolute atomic E-state index is 14.9. The Hall–Kier alpha value is -2.76. The number of carbonyl (C=O) groups excluding carboxylic acids is 1. The number of phenolic OH excluding ortho intramolecular Hbond substituents is 1. The van der Waals surface area contributed by atoms with E-state index in [9.17, 15) is 28.2 Å². The van der Waals surface area contributed by atoms with E-state index in [2.05, 4.69) is 0 Å². The molecular formula is C14H13FN2O7S. The summed E-state index contributed by atoms with van der Waals surface area (Å²) in [6.45, 7) is -1.17. The van der Waals surface area contributed by atoms with Crippen LogP contribution in [0.1, 0.15) is 0 Å². The molecule has 25 heavy (non-hydrogen) atoms. The van der Waals surface area contributed by atoms with E-state index in [1.54, 1.807) is 0 Å². The number of ether oxygens (including phenoxy) is 1. The van der Waals surface area contributed by atoms with Gasteiger partial charge < -0.3 is 14.9 Å². The highest BCUT2D eigenvalue weighted by atomic mass is 32.3. The van der Waals surface area contributed by atoms with Crippen molar-refractivity contribution < 1.29 is 38.0 Å². The van der Waals surface area contributed by atoms with Crippen molar-refractivity contribution in [1.29, 1.82) is 0 Å². The highest BCUT2D eigenvalue weighted by Gasteiger charge is 2.38. The molecule has 0 unspecified atom stereocenters. The van der Waals surface area contributed by atoms with Crippen molar-refractivity contribution in [3.8, 4) is 11.5 Å². The first-order chi connectivity index (χ1) is 11.7. The molecule has 0 radical (unpaired) electrons. The van der Waals surface area contributed by atoms with Gasteiger partial charge in [-0.15, -0.1) is 0 Å². The number of fused-ring (bicyclic) bond motifs is 1. The molecule has 0 atom stereocenters. The Morgan fingerprint density at radius 3 is 2.68 bits per heavy atom. The van der Waals surface area contributed by atoms with Gasteiger partial charge in [0.1, 0.15) is 23.7 Å². The summed E-state index contributed by atoms with van der Waals surface area (Å²) in [5.74, 6) is -3.46. The number of carboxylic acid groups (broad SMARTS) is 1. The van der Waals surface area contributed by atoms with Crippen molar-refractivity contribution in [2.24, 2.45) is 0 Å². The zero-order valence-electron chi connectivity index (χ0n) is 12.5. The smallest absolute Gasteiger partial charge is 0.341 e. The topological polar surface area (TPSA) is 140 Å². The number of nitrogens with one attached hydrogen (secondary N) is 1. The van der Waals surface area contributed by atoms with Gasteiger partial charge in [0.05, 0.1) is 0 Å².